The Kier molecular flexibility index (Phi) is 4.22. The second kappa shape index (κ2) is 5.76. The molecule has 0 aromatic carbocycles. The molecule has 0 aliphatic carbocycles. The summed E-state index contributed by atoms with van der Waals surface area (Å²) >= 11 is 0. The summed E-state index contributed by atoms with van der Waals surface area (Å²) < 4.78 is 5.33. The molecule has 0 spiro atoms. The minimum atomic E-state index is 0.408. The maximum absolute atomic E-state index is 10.3. The Morgan fingerprint density at radius 1 is 1.57 bits per heavy atom. The number of aromatic nitrogens is 1. The lowest BCUT2D eigenvalue weighted by Crippen LogP contribution is -1.96. The van der Waals surface area contributed by atoms with Gasteiger partial charge in [-0.3, -0.25) is 4.79 Å². The van der Waals surface area contributed by atoms with Crippen LogP contribution in [-0.2, 0) is 0 Å². The lowest BCUT2D eigenvalue weighted by molar-refractivity contribution is 0.111. The van der Waals surface area contributed by atoms with Gasteiger partial charge in [0.05, 0.1) is 12.8 Å². The Morgan fingerprint density at radius 3 is 3.00 bits per heavy atom. The van der Waals surface area contributed by atoms with Crippen LogP contribution in [0.15, 0.2) is 18.3 Å². The van der Waals surface area contributed by atoms with E-state index >= 15 is 0 Å². The van der Waals surface area contributed by atoms with E-state index in [4.69, 9.17) is 4.74 Å². The molecule has 0 aliphatic rings. The summed E-state index contributed by atoms with van der Waals surface area (Å²) in [7, 11) is 0. The smallest absolute Gasteiger partial charge is 0.168 e. The van der Waals surface area contributed by atoms with Crippen LogP contribution in [0, 0.1) is 11.8 Å². The zero-order chi connectivity index (χ0) is 10.2. The minimum absolute atomic E-state index is 0.408. The van der Waals surface area contributed by atoms with Gasteiger partial charge < -0.3 is 4.74 Å². The molecule has 1 heterocycles. The molecule has 0 saturated heterocycles. The van der Waals surface area contributed by atoms with Crippen LogP contribution in [0.4, 0.5) is 0 Å². The fraction of sp³-hybridized carbons (Fsp3) is 0.273. The molecule has 0 fully saturated rings. The summed E-state index contributed by atoms with van der Waals surface area (Å²) in [6, 6.07) is 3.34. The molecule has 1 aromatic rings. The molecule has 14 heavy (non-hydrogen) atoms. The summed E-state index contributed by atoms with van der Waals surface area (Å²) in [6.45, 7) is 2.34. The zero-order valence-corrected chi connectivity index (χ0v) is 7.99. The first kappa shape index (κ1) is 10.3. The minimum Gasteiger partial charge on any atom is -0.491 e. The van der Waals surface area contributed by atoms with E-state index in [-0.39, 0.29) is 0 Å². The molecule has 0 bridgehead atoms. The van der Waals surface area contributed by atoms with E-state index in [2.05, 4.69) is 16.8 Å². The lowest BCUT2D eigenvalue weighted by atomic mass is 10.3. The van der Waals surface area contributed by atoms with Crippen LogP contribution in [0.3, 0.4) is 0 Å². The van der Waals surface area contributed by atoms with Gasteiger partial charge in [-0.25, -0.2) is 4.98 Å². The summed E-state index contributed by atoms with van der Waals surface area (Å²) in [5.74, 6) is 6.33. The number of rotatable bonds is 4. The monoisotopic (exact) mass is 189 g/mol. The van der Waals surface area contributed by atoms with E-state index in [1.54, 1.807) is 19.1 Å². The summed E-state index contributed by atoms with van der Waals surface area (Å²) in [4.78, 5) is 14.2. The normalized spacial score (nSPS) is 8.64. The Morgan fingerprint density at radius 2 is 2.43 bits per heavy atom. The van der Waals surface area contributed by atoms with Gasteiger partial charge >= 0.3 is 0 Å². The number of aldehydes is 1. The van der Waals surface area contributed by atoms with Crippen LogP contribution in [0.1, 0.15) is 23.8 Å². The molecule has 0 saturated carbocycles. The molecule has 72 valence electrons. The Bertz CT molecular complexity index is 346. The molecular weight excluding hydrogens is 178 g/mol. The molecule has 0 N–H and O–H groups in total. The Balaban J connectivity index is 2.42. The van der Waals surface area contributed by atoms with Gasteiger partial charge in [0.25, 0.3) is 0 Å². The number of pyridine rings is 1. The summed E-state index contributed by atoms with van der Waals surface area (Å²) in [6.07, 6.45) is 2.93. The standard InChI is InChI=1S/C11H11NO2/c1-2-3-4-7-14-11-6-5-10(9-13)12-8-11/h5-6,8-9H,4,7H2,1H3. The number of carbonyl (C=O) groups is 1. The third-order valence-electron chi connectivity index (χ3n) is 1.55. The quantitative estimate of drug-likeness (QED) is 0.411. The van der Waals surface area contributed by atoms with Gasteiger partial charge in [0, 0.05) is 6.42 Å². The van der Waals surface area contributed by atoms with Gasteiger partial charge in [-0.15, -0.1) is 11.8 Å². The van der Waals surface area contributed by atoms with Crippen LogP contribution in [0.2, 0.25) is 0 Å². The second-order valence-electron chi connectivity index (χ2n) is 2.56. The molecule has 0 radical (unpaired) electrons. The van der Waals surface area contributed by atoms with Crippen LogP contribution in [0.25, 0.3) is 0 Å². The van der Waals surface area contributed by atoms with Crippen LogP contribution >= 0.6 is 0 Å². The van der Waals surface area contributed by atoms with Gasteiger partial charge in [-0.1, -0.05) is 0 Å². The van der Waals surface area contributed by atoms with E-state index in [0.29, 0.717) is 30.8 Å². The van der Waals surface area contributed by atoms with Crippen molar-refractivity contribution in [3.8, 4) is 17.6 Å². The molecule has 3 nitrogen and oxygen atoms in total. The highest BCUT2D eigenvalue weighted by Gasteiger charge is 1.94. The zero-order valence-electron chi connectivity index (χ0n) is 7.99. The van der Waals surface area contributed by atoms with Crippen LogP contribution in [0.5, 0.6) is 5.75 Å². The van der Waals surface area contributed by atoms with Crippen molar-refractivity contribution in [2.24, 2.45) is 0 Å². The highest BCUT2D eigenvalue weighted by Crippen LogP contribution is 2.08. The lowest BCUT2D eigenvalue weighted by Gasteiger charge is -2.02. The first-order valence-electron chi connectivity index (χ1n) is 4.30. The highest BCUT2D eigenvalue weighted by molar-refractivity contribution is 5.71. The summed E-state index contributed by atoms with van der Waals surface area (Å²) in [5.41, 5.74) is 0.408. The fourth-order valence-corrected chi connectivity index (χ4v) is 0.892. The highest BCUT2D eigenvalue weighted by atomic mass is 16.5. The average Bonchev–Trinajstić information content (AvgIpc) is 2.25. The number of hydrogen-bond donors (Lipinski definition) is 0. The molecule has 0 amide bonds. The predicted molar refractivity (Wildman–Crippen MR) is 53.2 cm³/mol. The topological polar surface area (TPSA) is 39.2 Å². The predicted octanol–water partition coefficient (Wildman–Crippen LogP) is 1.69. The van der Waals surface area contributed by atoms with Gasteiger partial charge in [0.15, 0.2) is 6.29 Å². The number of hydrogen-bond acceptors (Lipinski definition) is 3. The summed E-state index contributed by atoms with van der Waals surface area (Å²) in [5, 5.41) is 0. The van der Waals surface area contributed by atoms with Crippen molar-refractivity contribution in [2.75, 3.05) is 6.61 Å². The maximum atomic E-state index is 10.3. The largest absolute Gasteiger partial charge is 0.491 e. The van der Waals surface area contributed by atoms with E-state index in [1.807, 2.05) is 0 Å². The molecule has 0 unspecified atom stereocenters. The van der Waals surface area contributed by atoms with Crippen molar-refractivity contribution in [1.29, 1.82) is 0 Å². The molecule has 1 aromatic heterocycles. The number of carbonyl (C=O) groups excluding carboxylic acids is 1. The van der Waals surface area contributed by atoms with Gasteiger partial charge in [0.1, 0.15) is 11.4 Å². The first-order valence-corrected chi connectivity index (χ1v) is 4.30. The first-order chi connectivity index (χ1) is 6.86. The van der Waals surface area contributed by atoms with Crippen LogP contribution in [-0.4, -0.2) is 17.9 Å². The van der Waals surface area contributed by atoms with Crippen molar-refractivity contribution in [2.45, 2.75) is 13.3 Å². The third kappa shape index (κ3) is 3.28. The van der Waals surface area contributed by atoms with E-state index in [9.17, 15) is 4.79 Å². The number of nitrogens with zero attached hydrogens (tertiary/aromatic N) is 1. The third-order valence-corrected chi connectivity index (χ3v) is 1.55. The Labute approximate surface area is 83.1 Å². The maximum Gasteiger partial charge on any atom is 0.168 e. The van der Waals surface area contributed by atoms with E-state index in [1.165, 1.54) is 6.20 Å². The second-order valence-corrected chi connectivity index (χ2v) is 2.56. The fourth-order valence-electron chi connectivity index (χ4n) is 0.892. The average molecular weight is 189 g/mol. The van der Waals surface area contributed by atoms with Crippen LogP contribution < -0.4 is 4.74 Å². The van der Waals surface area contributed by atoms with Crippen molar-refractivity contribution < 1.29 is 9.53 Å². The number of ether oxygens (including phenoxy) is 1. The van der Waals surface area contributed by atoms with Gasteiger partial charge in [0.2, 0.25) is 0 Å². The molecule has 0 atom stereocenters. The molecule has 3 heteroatoms. The van der Waals surface area contributed by atoms with Crippen molar-refractivity contribution in [1.82, 2.24) is 4.98 Å². The molecule has 1 rings (SSSR count). The molecule has 0 aliphatic heterocycles. The van der Waals surface area contributed by atoms with Gasteiger partial charge in [-0.2, -0.15) is 0 Å². The van der Waals surface area contributed by atoms with Crippen molar-refractivity contribution in [3.63, 3.8) is 0 Å². The molecular formula is C11H11NO2. The van der Waals surface area contributed by atoms with E-state index in [0.717, 1.165) is 0 Å². The SMILES string of the molecule is CC#CCCOc1ccc(C=O)nc1. The van der Waals surface area contributed by atoms with Gasteiger partial charge in [-0.05, 0) is 19.1 Å². The Hall–Kier alpha value is -1.82. The van der Waals surface area contributed by atoms with Crippen molar-refractivity contribution in [3.05, 3.63) is 24.0 Å². The van der Waals surface area contributed by atoms with E-state index < -0.39 is 0 Å². The van der Waals surface area contributed by atoms with Crippen molar-refractivity contribution >= 4 is 6.29 Å².